The lowest BCUT2D eigenvalue weighted by Crippen LogP contribution is -2.07. The number of hydrogen-bond donors (Lipinski definition) is 1. The minimum absolute atomic E-state index is 0.0128. The molecule has 1 aliphatic rings. The van der Waals surface area contributed by atoms with Crippen LogP contribution in [0, 0.1) is 17.2 Å². The lowest BCUT2D eigenvalue weighted by molar-refractivity contribution is 0.795. The Bertz CT molecular complexity index is 391. The summed E-state index contributed by atoms with van der Waals surface area (Å²) in [7, 11) is 0. The number of pyridine rings is 1. The van der Waals surface area contributed by atoms with E-state index in [0.29, 0.717) is 5.82 Å². The third-order valence-corrected chi connectivity index (χ3v) is 2.46. The average molecular weight is 200 g/mol. The van der Waals surface area contributed by atoms with Crippen molar-refractivity contribution in [2.24, 2.45) is 11.0 Å². The highest BCUT2D eigenvalue weighted by atomic mass is 15.3. The van der Waals surface area contributed by atoms with Crippen molar-refractivity contribution in [2.75, 3.05) is 5.43 Å². The van der Waals surface area contributed by atoms with Gasteiger partial charge in [0.25, 0.3) is 0 Å². The van der Waals surface area contributed by atoms with E-state index in [1.54, 1.807) is 6.20 Å². The minimum Gasteiger partial charge on any atom is -0.261 e. The maximum atomic E-state index is 8.86. The van der Waals surface area contributed by atoms with Gasteiger partial charge in [-0.1, -0.05) is 6.07 Å². The molecule has 0 amide bonds. The normalized spacial score (nSPS) is 22.6. The van der Waals surface area contributed by atoms with E-state index in [-0.39, 0.29) is 5.92 Å². The summed E-state index contributed by atoms with van der Waals surface area (Å²) in [6.07, 6.45) is 4.61. The first-order chi connectivity index (χ1) is 7.40. The maximum absolute atomic E-state index is 8.86. The summed E-state index contributed by atoms with van der Waals surface area (Å²) in [5.41, 5.74) is 3.82. The van der Waals surface area contributed by atoms with E-state index < -0.39 is 0 Å². The summed E-state index contributed by atoms with van der Waals surface area (Å²) in [5, 5.41) is 13.1. The lowest BCUT2D eigenvalue weighted by Gasteiger charge is -2.02. The van der Waals surface area contributed by atoms with E-state index in [9.17, 15) is 0 Å². The van der Waals surface area contributed by atoms with Crippen LogP contribution in [0.3, 0.4) is 0 Å². The molecule has 4 nitrogen and oxygen atoms in total. The summed E-state index contributed by atoms with van der Waals surface area (Å²) < 4.78 is 0. The molecule has 1 heterocycles. The van der Waals surface area contributed by atoms with Crippen molar-refractivity contribution in [1.29, 1.82) is 5.26 Å². The van der Waals surface area contributed by atoms with E-state index in [1.807, 2.05) is 18.2 Å². The Labute approximate surface area is 88.6 Å². The van der Waals surface area contributed by atoms with Crippen molar-refractivity contribution in [3.05, 3.63) is 24.4 Å². The Morgan fingerprint density at radius 1 is 1.53 bits per heavy atom. The fourth-order valence-corrected chi connectivity index (χ4v) is 1.66. The molecule has 0 bridgehead atoms. The van der Waals surface area contributed by atoms with Crippen LogP contribution in [0.15, 0.2) is 29.5 Å². The highest BCUT2D eigenvalue weighted by molar-refractivity contribution is 5.91. The van der Waals surface area contributed by atoms with Gasteiger partial charge in [0.15, 0.2) is 0 Å². The van der Waals surface area contributed by atoms with E-state index in [1.165, 1.54) is 0 Å². The van der Waals surface area contributed by atoms with Crippen LogP contribution in [-0.4, -0.2) is 10.7 Å². The maximum Gasteiger partial charge on any atom is 0.146 e. The van der Waals surface area contributed by atoms with Crippen molar-refractivity contribution in [1.82, 2.24) is 4.98 Å². The topological polar surface area (TPSA) is 61.1 Å². The molecule has 1 saturated carbocycles. The molecule has 1 fully saturated rings. The van der Waals surface area contributed by atoms with Crippen LogP contribution >= 0.6 is 0 Å². The number of nitriles is 1. The zero-order valence-electron chi connectivity index (χ0n) is 8.35. The summed E-state index contributed by atoms with van der Waals surface area (Å²) in [5.74, 6) is 0.704. The van der Waals surface area contributed by atoms with Gasteiger partial charge < -0.3 is 0 Å². The second-order valence-electron chi connectivity index (χ2n) is 3.50. The summed E-state index contributed by atoms with van der Waals surface area (Å²) in [6, 6.07) is 7.85. The van der Waals surface area contributed by atoms with Crippen LogP contribution in [0.5, 0.6) is 0 Å². The number of hydrogen-bond acceptors (Lipinski definition) is 4. The Kier molecular flexibility index (Phi) is 2.93. The number of anilines is 1. The van der Waals surface area contributed by atoms with Crippen LogP contribution < -0.4 is 5.43 Å². The minimum atomic E-state index is -0.0128. The zero-order valence-corrected chi connectivity index (χ0v) is 8.35. The quantitative estimate of drug-likeness (QED) is 0.744. The van der Waals surface area contributed by atoms with E-state index >= 15 is 0 Å². The van der Waals surface area contributed by atoms with Crippen molar-refractivity contribution in [3.8, 4) is 6.07 Å². The van der Waals surface area contributed by atoms with Crippen LogP contribution in [-0.2, 0) is 0 Å². The standard InChI is InChI=1S/C11H12N4/c12-8-9-4-3-5-10(9)14-15-11-6-1-2-7-13-11/h1-2,6-7,9H,3-5H2,(H,13,15)/b14-10+/t9-/m0/s1. The molecule has 15 heavy (non-hydrogen) atoms. The van der Waals surface area contributed by atoms with Gasteiger partial charge in [-0.15, -0.1) is 0 Å². The summed E-state index contributed by atoms with van der Waals surface area (Å²) in [6.45, 7) is 0. The summed E-state index contributed by atoms with van der Waals surface area (Å²) >= 11 is 0. The first kappa shape index (κ1) is 9.66. The molecule has 0 aliphatic heterocycles. The number of rotatable bonds is 2. The van der Waals surface area contributed by atoms with Crippen LogP contribution in [0.25, 0.3) is 0 Å². The molecule has 2 rings (SSSR count). The highest BCUT2D eigenvalue weighted by Crippen LogP contribution is 2.21. The Morgan fingerprint density at radius 3 is 3.20 bits per heavy atom. The van der Waals surface area contributed by atoms with Crippen LogP contribution in [0.4, 0.5) is 5.82 Å². The van der Waals surface area contributed by atoms with Crippen LogP contribution in [0.2, 0.25) is 0 Å². The van der Waals surface area contributed by atoms with Crippen LogP contribution in [0.1, 0.15) is 19.3 Å². The molecular formula is C11H12N4. The van der Waals surface area contributed by atoms with Gasteiger partial charge in [0.05, 0.1) is 17.7 Å². The van der Waals surface area contributed by atoms with Crippen molar-refractivity contribution < 1.29 is 0 Å². The second-order valence-corrected chi connectivity index (χ2v) is 3.50. The second kappa shape index (κ2) is 4.56. The molecule has 0 radical (unpaired) electrons. The number of nitrogens with zero attached hydrogens (tertiary/aromatic N) is 3. The third kappa shape index (κ3) is 2.32. The molecule has 76 valence electrons. The van der Waals surface area contributed by atoms with Gasteiger partial charge in [-0.25, -0.2) is 4.98 Å². The SMILES string of the molecule is N#C[C@@H]1CCC/C1=N\Nc1ccccn1. The molecule has 4 heteroatoms. The molecule has 1 aromatic heterocycles. The Balaban J connectivity index is 2.03. The largest absolute Gasteiger partial charge is 0.261 e. The molecule has 1 aromatic rings. The van der Waals surface area contributed by atoms with Crippen molar-refractivity contribution in [2.45, 2.75) is 19.3 Å². The van der Waals surface area contributed by atoms with Gasteiger partial charge in [-0.05, 0) is 31.4 Å². The molecule has 1 aliphatic carbocycles. The predicted molar refractivity (Wildman–Crippen MR) is 58.2 cm³/mol. The first-order valence-electron chi connectivity index (χ1n) is 5.03. The first-order valence-corrected chi connectivity index (χ1v) is 5.03. The number of aromatic nitrogens is 1. The fraction of sp³-hybridized carbons (Fsp3) is 0.364. The molecule has 1 N–H and O–H groups in total. The molecule has 0 spiro atoms. The van der Waals surface area contributed by atoms with Gasteiger partial charge in [0, 0.05) is 6.20 Å². The van der Waals surface area contributed by atoms with E-state index in [0.717, 1.165) is 25.0 Å². The average Bonchev–Trinajstić information content (AvgIpc) is 2.75. The van der Waals surface area contributed by atoms with Gasteiger partial charge in [0.2, 0.25) is 0 Å². The van der Waals surface area contributed by atoms with Crippen molar-refractivity contribution >= 4 is 11.5 Å². The number of hydrazone groups is 1. The smallest absolute Gasteiger partial charge is 0.146 e. The predicted octanol–water partition coefficient (Wildman–Crippen LogP) is 2.17. The Morgan fingerprint density at radius 2 is 2.47 bits per heavy atom. The zero-order chi connectivity index (χ0) is 10.5. The Hall–Kier alpha value is -1.89. The molecule has 1 atom stereocenters. The lowest BCUT2D eigenvalue weighted by atomic mass is 10.1. The fourth-order valence-electron chi connectivity index (χ4n) is 1.66. The molecular weight excluding hydrogens is 188 g/mol. The van der Waals surface area contributed by atoms with Gasteiger partial charge in [-0.2, -0.15) is 10.4 Å². The van der Waals surface area contributed by atoms with Gasteiger partial charge >= 0.3 is 0 Å². The van der Waals surface area contributed by atoms with Crippen molar-refractivity contribution in [3.63, 3.8) is 0 Å². The third-order valence-electron chi connectivity index (χ3n) is 2.46. The summed E-state index contributed by atoms with van der Waals surface area (Å²) in [4.78, 5) is 4.09. The van der Waals surface area contributed by atoms with E-state index in [2.05, 4.69) is 21.6 Å². The monoisotopic (exact) mass is 200 g/mol. The van der Waals surface area contributed by atoms with E-state index in [4.69, 9.17) is 5.26 Å². The molecule has 0 aromatic carbocycles. The molecule has 0 saturated heterocycles. The molecule has 0 unspecified atom stereocenters. The number of nitrogens with one attached hydrogen (secondary N) is 1. The van der Waals surface area contributed by atoms with Gasteiger partial charge in [0.1, 0.15) is 5.82 Å². The highest BCUT2D eigenvalue weighted by Gasteiger charge is 2.21. The van der Waals surface area contributed by atoms with Gasteiger partial charge in [-0.3, -0.25) is 5.43 Å².